The standard InChI is InChI=1S/C10H12F3NO/c1-2-3-7-6-8(4-5-9(7)14)15-10(11,12)13/h4-6H,2-3,14H2,1H3. The van der Waals surface area contributed by atoms with E-state index in [0.29, 0.717) is 17.7 Å². The monoisotopic (exact) mass is 219 g/mol. The quantitative estimate of drug-likeness (QED) is 0.792. The molecule has 0 aromatic heterocycles. The average molecular weight is 219 g/mol. The first-order valence-electron chi connectivity index (χ1n) is 4.56. The summed E-state index contributed by atoms with van der Waals surface area (Å²) in [5, 5.41) is 0. The van der Waals surface area contributed by atoms with Gasteiger partial charge >= 0.3 is 6.36 Å². The fourth-order valence-electron chi connectivity index (χ4n) is 1.27. The lowest BCUT2D eigenvalue weighted by molar-refractivity contribution is -0.274. The van der Waals surface area contributed by atoms with Gasteiger partial charge in [0.2, 0.25) is 0 Å². The van der Waals surface area contributed by atoms with Crippen LogP contribution in [0.15, 0.2) is 18.2 Å². The smallest absolute Gasteiger partial charge is 0.406 e. The van der Waals surface area contributed by atoms with Crippen LogP contribution in [-0.2, 0) is 6.42 Å². The van der Waals surface area contributed by atoms with Crippen LogP contribution in [0, 0.1) is 0 Å². The number of hydrogen-bond donors (Lipinski definition) is 1. The third-order valence-electron chi connectivity index (χ3n) is 1.87. The Morgan fingerprint density at radius 1 is 1.33 bits per heavy atom. The van der Waals surface area contributed by atoms with Crippen molar-refractivity contribution in [1.29, 1.82) is 0 Å². The molecule has 0 radical (unpaired) electrons. The second-order valence-electron chi connectivity index (χ2n) is 3.16. The fourth-order valence-corrected chi connectivity index (χ4v) is 1.27. The number of hydrogen-bond acceptors (Lipinski definition) is 2. The van der Waals surface area contributed by atoms with Crippen molar-refractivity contribution in [2.45, 2.75) is 26.1 Å². The van der Waals surface area contributed by atoms with E-state index in [4.69, 9.17) is 5.73 Å². The molecule has 0 saturated heterocycles. The van der Waals surface area contributed by atoms with Gasteiger partial charge in [-0.25, -0.2) is 0 Å². The van der Waals surface area contributed by atoms with Gasteiger partial charge in [-0.1, -0.05) is 13.3 Å². The number of anilines is 1. The first-order valence-corrected chi connectivity index (χ1v) is 4.56. The summed E-state index contributed by atoms with van der Waals surface area (Å²) in [5.41, 5.74) is 6.77. The minimum absolute atomic E-state index is 0.222. The molecule has 0 aliphatic carbocycles. The molecule has 0 unspecified atom stereocenters. The van der Waals surface area contributed by atoms with Crippen molar-refractivity contribution in [1.82, 2.24) is 0 Å². The minimum Gasteiger partial charge on any atom is -0.406 e. The summed E-state index contributed by atoms with van der Waals surface area (Å²) in [4.78, 5) is 0. The third-order valence-corrected chi connectivity index (χ3v) is 1.87. The van der Waals surface area contributed by atoms with E-state index in [9.17, 15) is 13.2 Å². The van der Waals surface area contributed by atoms with E-state index >= 15 is 0 Å². The molecule has 0 atom stereocenters. The summed E-state index contributed by atoms with van der Waals surface area (Å²) in [6.45, 7) is 1.93. The molecule has 2 nitrogen and oxygen atoms in total. The van der Waals surface area contributed by atoms with E-state index < -0.39 is 6.36 Å². The van der Waals surface area contributed by atoms with Crippen molar-refractivity contribution in [3.05, 3.63) is 23.8 Å². The number of alkyl halides is 3. The Morgan fingerprint density at radius 2 is 2.00 bits per heavy atom. The van der Waals surface area contributed by atoms with Gasteiger partial charge in [-0.05, 0) is 30.2 Å². The van der Waals surface area contributed by atoms with E-state index in [2.05, 4.69) is 4.74 Å². The highest BCUT2D eigenvalue weighted by Crippen LogP contribution is 2.26. The van der Waals surface area contributed by atoms with Gasteiger partial charge in [-0.15, -0.1) is 13.2 Å². The first kappa shape index (κ1) is 11.7. The predicted octanol–water partition coefficient (Wildman–Crippen LogP) is 3.12. The topological polar surface area (TPSA) is 35.2 Å². The van der Waals surface area contributed by atoms with E-state index in [1.54, 1.807) is 0 Å². The number of ether oxygens (including phenoxy) is 1. The Balaban J connectivity index is 2.87. The predicted molar refractivity (Wildman–Crippen MR) is 51.5 cm³/mol. The van der Waals surface area contributed by atoms with Crippen molar-refractivity contribution in [3.63, 3.8) is 0 Å². The third kappa shape index (κ3) is 3.69. The van der Waals surface area contributed by atoms with Crippen LogP contribution in [0.2, 0.25) is 0 Å². The molecule has 2 N–H and O–H groups in total. The molecule has 0 aliphatic heterocycles. The maximum Gasteiger partial charge on any atom is 0.573 e. The van der Waals surface area contributed by atoms with Crippen molar-refractivity contribution < 1.29 is 17.9 Å². The molecule has 0 bridgehead atoms. The lowest BCUT2D eigenvalue weighted by atomic mass is 10.1. The van der Waals surface area contributed by atoms with Gasteiger partial charge in [0.25, 0.3) is 0 Å². The van der Waals surface area contributed by atoms with Crippen LogP contribution in [0.25, 0.3) is 0 Å². The van der Waals surface area contributed by atoms with Crippen LogP contribution in [0.5, 0.6) is 5.75 Å². The summed E-state index contributed by atoms with van der Waals surface area (Å²) in [7, 11) is 0. The van der Waals surface area contributed by atoms with Gasteiger partial charge in [0.05, 0.1) is 0 Å². The van der Waals surface area contributed by atoms with Gasteiger partial charge in [0.15, 0.2) is 0 Å². The molecule has 1 aromatic rings. The second kappa shape index (κ2) is 4.42. The first-order chi connectivity index (χ1) is 6.92. The van der Waals surface area contributed by atoms with Crippen LogP contribution in [0.3, 0.4) is 0 Å². The van der Waals surface area contributed by atoms with Crippen LogP contribution in [-0.4, -0.2) is 6.36 Å². The number of nitrogens with two attached hydrogens (primary N) is 1. The fraction of sp³-hybridized carbons (Fsp3) is 0.400. The van der Waals surface area contributed by atoms with Crippen molar-refractivity contribution >= 4 is 5.69 Å². The largest absolute Gasteiger partial charge is 0.573 e. The Bertz CT molecular complexity index is 336. The van der Waals surface area contributed by atoms with Crippen LogP contribution < -0.4 is 10.5 Å². The SMILES string of the molecule is CCCc1cc(OC(F)(F)F)ccc1N. The second-order valence-corrected chi connectivity index (χ2v) is 3.16. The molecule has 0 amide bonds. The molecule has 0 spiro atoms. The molecule has 0 fully saturated rings. The summed E-state index contributed by atoms with van der Waals surface area (Å²) in [6, 6.07) is 3.96. The van der Waals surface area contributed by atoms with Crippen LogP contribution >= 0.6 is 0 Å². The molecule has 0 aliphatic rings. The summed E-state index contributed by atoms with van der Waals surface area (Å²) < 4.78 is 39.5. The van der Waals surface area contributed by atoms with Gasteiger partial charge in [0, 0.05) is 5.69 Å². The molecule has 15 heavy (non-hydrogen) atoms. The molecule has 1 rings (SSSR count). The number of benzene rings is 1. The van der Waals surface area contributed by atoms with E-state index in [-0.39, 0.29) is 5.75 Å². The maximum absolute atomic E-state index is 11.9. The molecule has 0 heterocycles. The lowest BCUT2D eigenvalue weighted by Crippen LogP contribution is -2.17. The number of nitrogen functional groups attached to an aromatic ring is 1. The Labute approximate surface area is 85.8 Å². The Morgan fingerprint density at radius 3 is 2.53 bits per heavy atom. The van der Waals surface area contributed by atoms with E-state index in [1.807, 2.05) is 6.92 Å². The lowest BCUT2D eigenvalue weighted by Gasteiger charge is -2.11. The molecule has 1 aromatic carbocycles. The normalized spacial score (nSPS) is 11.5. The van der Waals surface area contributed by atoms with Crippen molar-refractivity contribution in [3.8, 4) is 5.75 Å². The number of aryl methyl sites for hydroxylation is 1. The van der Waals surface area contributed by atoms with E-state index in [0.717, 1.165) is 6.42 Å². The minimum atomic E-state index is -4.65. The zero-order valence-corrected chi connectivity index (χ0v) is 8.27. The zero-order valence-electron chi connectivity index (χ0n) is 8.27. The number of rotatable bonds is 3. The average Bonchev–Trinajstić information content (AvgIpc) is 2.09. The summed E-state index contributed by atoms with van der Waals surface area (Å²) in [6.07, 6.45) is -3.19. The highest BCUT2D eigenvalue weighted by Gasteiger charge is 2.31. The molecule has 5 heteroatoms. The molecular formula is C10H12F3NO. The van der Waals surface area contributed by atoms with Gasteiger partial charge in [-0.3, -0.25) is 0 Å². The Hall–Kier alpha value is -1.39. The van der Waals surface area contributed by atoms with Gasteiger partial charge in [0.1, 0.15) is 5.75 Å². The Kier molecular flexibility index (Phi) is 3.44. The van der Waals surface area contributed by atoms with Crippen molar-refractivity contribution in [2.24, 2.45) is 0 Å². The van der Waals surface area contributed by atoms with Crippen LogP contribution in [0.4, 0.5) is 18.9 Å². The molecular weight excluding hydrogens is 207 g/mol. The van der Waals surface area contributed by atoms with Gasteiger partial charge < -0.3 is 10.5 Å². The highest BCUT2D eigenvalue weighted by atomic mass is 19.4. The number of halogens is 3. The maximum atomic E-state index is 11.9. The highest BCUT2D eigenvalue weighted by molar-refractivity contribution is 5.50. The zero-order chi connectivity index (χ0) is 11.5. The van der Waals surface area contributed by atoms with Crippen LogP contribution in [0.1, 0.15) is 18.9 Å². The van der Waals surface area contributed by atoms with Gasteiger partial charge in [-0.2, -0.15) is 0 Å². The molecule has 0 saturated carbocycles. The summed E-state index contributed by atoms with van der Waals surface area (Å²) in [5.74, 6) is -0.222. The summed E-state index contributed by atoms with van der Waals surface area (Å²) >= 11 is 0. The van der Waals surface area contributed by atoms with E-state index in [1.165, 1.54) is 18.2 Å². The molecule has 84 valence electrons. The van der Waals surface area contributed by atoms with Crippen molar-refractivity contribution in [2.75, 3.05) is 5.73 Å².